The van der Waals surface area contributed by atoms with Gasteiger partial charge in [0, 0.05) is 23.4 Å². The summed E-state index contributed by atoms with van der Waals surface area (Å²) in [5, 5.41) is 13.0. The van der Waals surface area contributed by atoms with Crippen LogP contribution in [0.25, 0.3) is 21.8 Å². The molecule has 1 fully saturated rings. The second-order valence-corrected chi connectivity index (χ2v) is 7.17. The fourth-order valence-corrected chi connectivity index (χ4v) is 3.85. The van der Waals surface area contributed by atoms with Gasteiger partial charge in [0.2, 0.25) is 5.95 Å². The summed E-state index contributed by atoms with van der Waals surface area (Å²) >= 11 is 0. The first-order chi connectivity index (χ1) is 13.3. The van der Waals surface area contributed by atoms with Crippen molar-refractivity contribution in [1.29, 1.82) is 0 Å². The Bertz CT molecular complexity index is 1100. The number of para-hydroxylation sites is 2. The summed E-state index contributed by atoms with van der Waals surface area (Å²) in [6.07, 6.45) is 3.64. The molecule has 2 aromatic carbocycles. The molecule has 1 aliphatic rings. The van der Waals surface area contributed by atoms with Gasteiger partial charge < -0.3 is 10.2 Å². The average Bonchev–Trinajstić information content (AvgIpc) is 3.11. The molecule has 27 heavy (non-hydrogen) atoms. The number of anilines is 3. The molecule has 0 bridgehead atoms. The summed E-state index contributed by atoms with van der Waals surface area (Å²) in [6, 6.07) is 16.7. The van der Waals surface area contributed by atoms with Gasteiger partial charge in [-0.15, -0.1) is 0 Å². The van der Waals surface area contributed by atoms with Gasteiger partial charge in [-0.25, -0.2) is 4.98 Å². The van der Waals surface area contributed by atoms with E-state index in [0.29, 0.717) is 6.04 Å². The van der Waals surface area contributed by atoms with Gasteiger partial charge in [0.05, 0.1) is 11.0 Å². The molecule has 1 unspecified atom stereocenters. The average molecular weight is 358 g/mol. The van der Waals surface area contributed by atoms with Crippen molar-refractivity contribution in [3.8, 4) is 0 Å². The summed E-state index contributed by atoms with van der Waals surface area (Å²) in [5.41, 5.74) is 1.95. The van der Waals surface area contributed by atoms with Crippen molar-refractivity contribution in [2.45, 2.75) is 32.2 Å². The predicted octanol–water partition coefficient (Wildman–Crippen LogP) is 4.63. The molecule has 0 amide bonds. The number of H-pyrrole nitrogens is 1. The molecule has 2 N–H and O–H groups in total. The Balaban J connectivity index is 1.62. The van der Waals surface area contributed by atoms with Crippen LogP contribution in [0.4, 0.5) is 17.6 Å². The first-order valence-electron chi connectivity index (χ1n) is 9.53. The molecule has 0 radical (unpaired) electrons. The highest BCUT2D eigenvalue weighted by molar-refractivity contribution is 5.96. The van der Waals surface area contributed by atoms with Crippen LogP contribution >= 0.6 is 0 Å². The summed E-state index contributed by atoms with van der Waals surface area (Å²) in [6.45, 7) is 3.26. The maximum atomic E-state index is 4.91. The fraction of sp³-hybridized carbons (Fsp3) is 0.286. The maximum Gasteiger partial charge on any atom is 0.228 e. The highest BCUT2D eigenvalue weighted by Gasteiger charge is 2.22. The van der Waals surface area contributed by atoms with Gasteiger partial charge in [0.25, 0.3) is 0 Å². The molecule has 6 nitrogen and oxygen atoms in total. The zero-order chi connectivity index (χ0) is 18.2. The SMILES string of the molecule is CC1CCCCN1c1nc(Nc2n[nH]c3ccccc23)c2ccccc2n1. The van der Waals surface area contributed by atoms with E-state index in [-0.39, 0.29) is 0 Å². The Morgan fingerprint density at radius 1 is 0.963 bits per heavy atom. The largest absolute Gasteiger partial charge is 0.338 e. The van der Waals surface area contributed by atoms with Gasteiger partial charge >= 0.3 is 0 Å². The van der Waals surface area contributed by atoms with Gasteiger partial charge in [-0.3, -0.25) is 5.10 Å². The van der Waals surface area contributed by atoms with Gasteiger partial charge in [0.1, 0.15) is 5.82 Å². The molecule has 1 aliphatic heterocycles. The van der Waals surface area contributed by atoms with Crippen molar-refractivity contribution in [3.63, 3.8) is 0 Å². The van der Waals surface area contributed by atoms with E-state index in [1.54, 1.807) is 0 Å². The minimum atomic E-state index is 0.457. The number of rotatable bonds is 3. The number of hydrogen-bond donors (Lipinski definition) is 2. The van der Waals surface area contributed by atoms with E-state index in [1.807, 2.05) is 36.4 Å². The topological polar surface area (TPSA) is 69.7 Å². The number of benzene rings is 2. The number of nitrogens with one attached hydrogen (secondary N) is 2. The number of aromatic nitrogens is 4. The van der Waals surface area contributed by atoms with E-state index >= 15 is 0 Å². The van der Waals surface area contributed by atoms with Gasteiger partial charge in [-0.2, -0.15) is 10.1 Å². The fourth-order valence-electron chi connectivity index (χ4n) is 3.85. The van der Waals surface area contributed by atoms with Crippen LogP contribution in [0.2, 0.25) is 0 Å². The van der Waals surface area contributed by atoms with E-state index in [4.69, 9.17) is 9.97 Å². The first-order valence-corrected chi connectivity index (χ1v) is 9.53. The van der Waals surface area contributed by atoms with Crippen molar-refractivity contribution >= 4 is 39.4 Å². The molecule has 2 aromatic heterocycles. The lowest BCUT2D eigenvalue weighted by Crippen LogP contribution is -2.38. The molecule has 136 valence electrons. The molecule has 0 spiro atoms. The minimum Gasteiger partial charge on any atom is -0.338 e. The second-order valence-electron chi connectivity index (χ2n) is 7.17. The van der Waals surface area contributed by atoms with Crippen molar-refractivity contribution in [1.82, 2.24) is 20.2 Å². The van der Waals surface area contributed by atoms with Crippen LogP contribution in [0.1, 0.15) is 26.2 Å². The molecule has 6 heteroatoms. The van der Waals surface area contributed by atoms with Crippen molar-refractivity contribution in [2.75, 3.05) is 16.8 Å². The Kier molecular flexibility index (Phi) is 3.89. The van der Waals surface area contributed by atoms with Crippen molar-refractivity contribution < 1.29 is 0 Å². The van der Waals surface area contributed by atoms with Crippen LogP contribution in [0.3, 0.4) is 0 Å². The normalized spacial score (nSPS) is 17.5. The Morgan fingerprint density at radius 2 is 1.78 bits per heavy atom. The lowest BCUT2D eigenvalue weighted by molar-refractivity contribution is 0.478. The predicted molar refractivity (Wildman–Crippen MR) is 110 cm³/mol. The number of fused-ring (bicyclic) bond motifs is 2. The zero-order valence-corrected chi connectivity index (χ0v) is 15.3. The summed E-state index contributed by atoms with van der Waals surface area (Å²) in [7, 11) is 0. The third kappa shape index (κ3) is 2.87. The van der Waals surface area contributed by atoms with Crippen molar-refractivity contribution in [2.24, 2.45) is 0 Å². The Labute approximate surface area is 157 Å². The standard InChI is InChI=1S/C21H22N6/c1-14-8-6-7-13-27(14)21-22-17-11-4-2-9-15(17)19(24-21)23-20-16-10-3-5-12-18(16)25-26-20/h2-5,9-12,14H,6-8,13H2,1H3,(H2,22,23,24,25,26). The maximum absolute atomic E-state index is 4.91. The highest BCUT2D eigenvalue weighted by Crippen LogP contribution is 2.30. The summed E-state index contributed by atoms with van der Waals surface area (Å²) < 4.78 is 0. The van der Waals surface area contributed by atoms with E-state index in [9.17, 15) is 0 Å². The third-order valence-electron chi connectivity index (χ3n) is 5.36. The molecule has 3 heterocycles. The second kappa shape index (κ2) is 6.54. The summed E-state index contributed by atoms with van der Waals surface area (Å²) in [4.78, 5) is 12.1. The van der Waals surface area contributed by atoms with Crippen LogP contribution in [-0.2, 0) is 0 Å². The minimum absolute atomic E-state index is 0.457. The number of nitrogens with zero attached hydrogens (tertiary/aromatic N) is 4. The van der Waals surface area contributed by atoms with Crippen LogP contribution in [0, 0.1) is 0 Å². The molecule has 5 rings (SSSR count). The van der Waals surface area contributed by atoms with Crippen LogP contribution < -0.4 is 10.2 Å². The molecule has 1 saturated heterocycles. The highest BCUT2D eigenvalue weighted by atomic mass is 15.3. The lowest BCUT2D eigenvalue weighted by Gasteiger charge is -2.33. The van der Waals surface area contributed by atoms with Crippen molar-refractivity contribution in [3.05, 3.63) is 48.5 Å². The number of aromatic amines is 1. The zero-order valence-electron chi connectivity index (χ0n) is 15.3. The van der Waals surface area contributed by atoms with Crippen LogP contribution in [0.5, 0.6) is 0 Å². The number of piperidine rings is 1. The van der Waals surface area contributed by atoms with Gasteiger partial charge in [-0.1, -0.05) is 24.3 Å². The van der Waals surface area contributed by atoms with E-state index in [0.717, 1.165) is 45.9 Å². The summed E-state index contributed by atoms with van der Waals surface area (Å²) in [5.74, 6) is 2.38. The van der Waals surface area contributed by atoms with Gasteiger partial charge in [-0.05, 0) is 50.5 Å². The van der Waals surface area contributed by atoms with Gasteiger partial charge in [0.15, 0.2) is 5.82 Å². The monoisotopic (exact) mass is 358 g/mol. The van der Waals surface area contributed by atoms with Crippen LogP contribution in [0.15, 0.2) is 48.5 Å². The van der Waals surface area contributed by atoms with Crippen LogP contribution in [-0.4, -0.2) is 32.8 Å². The van der Waals surface area contributed by atoms with E-state index < -0.39 is 0 Å². The first kappa shape index (κ1) is 16.1. The Hall–Kier alpha value is -3.15. The van der Waals surface area contributed by atoms with E-state index in [1.165, 1.54) is 19.3 Å². The molecule has 1 atom stereocenters. The molecule has 4 aromatic rings. The molecule has 0 aliphatic carbocycles. The lowest BCUT2D eigenvalue weighted by atomic mass is 10.0. The quantitative estimate of drug-likeness (QED) is 0.559. The number of hydrogen-bond acceptors (Lipinski definition) is 5. The smallest absolute Gasteiger partial charge is 0.228 e. The molecular weight excluding hydrogens is 336 g/mol. The molecular formula is C21H22N6. The molecule has 0 saturated carbocycles. The third-order valence-corrected chi connectivity index (χ3v) is 5.36. The van der Waals surface area contributed by atoms with E-state index in [2.05, 4.69) is 39.5 Å². The Morgan fingerprint density at radius 3 is 2.67 bits per heavy atom.